The zero-order chi connectivity index (χ0) is 16.1. The van der Waals surface area contributed by atoms with Crippen LogP contribution in [-0.2, 0) is 4.79 Å². The monoisotopic (exact) mass is 309 g/mol. The molecule has 1 aliphatic carbocycles. The van der Waals surface area contributed by atoms with Crippen molar-refractivity contribution >= 4 is 17.7 Å². The molecule has 0 bridgehead atoms. The molecule has 6 nitrogen and oxygen atoms in total. The Morgan fingerprint density at radius 1 is 1.41 bits per heavy atom. The van der Waals surface area contributed by atoms with E-state index in [1.165, 1.54) is 12.1 Å². The molecule has 0 spiro atoms. The van der Waals surface area contributed by atoms with Crippen LogP contribution in [0.1, 0.15) is 37.2 Å². The van der Waals surface area contributed by atoms with E-state index in [9.17, 15) is 14.0 Å². The molecular formula is C15H20FN3O3. The normalized spacial score (nSPS) is 15.2. The van der Waals surface area contributed by atoms with Gasteiger partial charge in [0.05, 0.1) is 0 Å². The lowest BCUT2D eigenvalue weighted by Gasteiger charge is -2.12. The number of halogens is 1. The fourth-order valence-electron chi connectivity index (χ4n) is 2.19. The number of carboxylic acids is 1. The van der Waals surface area contributed by atoms with Crippen LogP contribution in [0.15, 0.2) is 18.2 Å². The summed E-state index contributed by atoms with van der Waals surface area (Å²) in [6.45, 7) is 0.326. The first kappa shape index (κ1) is 16.2. The number of aliphatic carboxylic acids is 1. The molecule has 0 aromatic heterocycles. The Hall–Kier alpha value is -2.15. The maximum atomic E-state index is 13.3. The van der Waals surface area contributed by atoms with E-state index < -0.39 is 18.0 Å². The second-order valence-corrected chi connectivity index (χ2v) is 5.47. The third kappa shape index (κ3) is 4.70. The fourth-order valence-corrected chi connectivity index (χ4v) is 2.19. The molecule has 2 amide bonds. The summed E-state index contributed by atoms with van der Waals surface area (Å²) < 4.78 is 13.3. The Balaban J connectivity index is 1.79. The predicted octanol–water partition coefficient (Wildman–Crippen LogP) is 2.02. The molecule has 120 valence electrons. The molecule has 0 aliphatic heterocycles. The van der Waals surface area contributed by atoms with Gasteiger partial charge in [-0.1, -0.05) is 0 Å². The number of rotatable bonds is 7. The van der Waals surface area contributed by atoms with Crippen molar-refractivity contribution in [1.29, 1.82) is 0 Å². The molecule has 1 aromatic rings. The van der Waals surface area contributed by atoms with Crippen molar-refractivity contribution in [2.24, 2.45) is 5.73 Å². The van der Waals surface area contributed by atoms with Crippen LogP contribution < -0.4 is 16.4 Å². The first-order valence-corrected chi connectivity index (χ1v) is 7.30. The van der Waals surface area contributed by atoms with E-state index in [1.54, 1.807) is 6.07 Å². The first-order chi connectivity index (χ1) is 10.5. The van der Waals surface area contributed by atoms with Gasteiger partial charge in [0.25, 0.3) is 0 Å². The molecule has 2 rings (SSSR count). The average molecular weight is 309 g/mol. The quantitative estimate of drug-likeness (QED) is 0.578. The molecule has 0 unspecified atom stereocenters. The van der Waals surface area contributed by atoms with Crippen molar-refractivity contribution in [2.75, 3.05) is 11.9 Å². The molecule has 0 saturated heterocycles. The number of amides is 2. The third-order valence-electron chi connectivity index (χ3n) is 3.57. The van der Waals surface area contributed by atoms with Crippen molar-refractivity contribution < 1.29 is 19.1 Å². The summed E-state index contributed by atoms with van der Waals surface area (Å²) in [4.78, 5) is 22.4. The van der Waals surface area contributed by atoms with Crippen LogP contribution in [0.4, 0.5) is 14.9 Å². The van der Waals surface area contributed by atoms with Gasteiger partial charge in [-0.3, -0.25) is 4.79 Å². The number of carbonyl (C=O) groups is 2. The topological polar surface area (TPSA) is 104 Å². The number of nitrogens with one attached hydrogen (secondary N) is 2. The highest BCUT2D eigenvalue weighted by Gasteiger charge is 2.27. The summed E-state index contributed by atoms with van der Waals surface area (Å²) in [7, 11) is 0. The smallest absolute Gasteiger partial charge is 0.320 e. The molecule has 0 heterocycles. The molecule has 1 fully saturated rings. The molecule has 7 heteroatoms. The zero-order valence-corrected chi connectivity index (χ0v) is 12.1. The lowest BCUT2D eigenvalue weighted by Crippen LogP contribution is -2.33. The van der Waals surface area contributed by atoms with Crippen molar-refractivity contribution in [3.05, 3.63) is 29.6 Å². The number of hydrogen-bond acceptors (Lipinski definition) is 3. The number of benzene rings is 1. The first-order valence-electron chi connectivity index (χ1n) is 7.30. The SMILES string of the molecule is N[C@@H](CCCNC(=O)Nc1ccc(F)cc1C1CC1)C(=O)O. The van der Waals surface area contributed by atoms with Crippen LogP contribution in [-0.4, -0.2) is 29.7 Å². The minimum absolute atomic E-state index is 0.291. The van der Waals surface area contributed by atoms with Crippen LogP contribution in [0.2, 0.25) is 0 Å². The fraction of sp³-hybridized carbons (Fsp3) is 0.467. The van der Waals surface area contributed by atoms with Gasteiger partial charge in [-0.25, -0.2) is 9.18 Å². The third-order valence-corrected chi connectivity index (χ3v) is 3.57. The van der Waals surface area contributed by atoms with Gasteiger partial charge in [-0.2, -0.15) is 0 Å². The Bertz CT molecular complexity index is 561. The Kier molecular flexibility index (Phi) is 5.32. The summed E-state index contributed by atoms with van der Waals surface area (Å²) >= 11 is 0. The minimum Gasteiger partial charge on any atom is -0.480 e. The predicted molar refractivity (Wildman–Crippen MR) is 80.2 cm³/mol. The van der Waals surface area contributed by atoms with Gasteiger partial charge in [0.2, 0.25) is 0 Å². The van der Waals surface area contributed by atoms with Crippen LogP contribution in [0.5, 0.6) is 0 Å². The summed E-state index contributed by atoms with van der Waals surface area (Å²) in [5.41, 5.74) is 6.80. The second kappa shape index (κ2) is 7.22. The highest BCUT2D eigenvalue weighted by Crippen LogP contribution is 2.43. The van der Waals surface area contributed by atoms with Crippen molar-refractivity contribution in [3.8, 4) is 0 Å². The molecule has 1 aromatic carbocycles. The van der Waals surface area contributed by atoms with E-state index >= 15 is 0 Å². The number of carbonyl (C=O) groups excluding carboxylic acids is 1. The highest BCUT2D eigenvalue weighted by atomic mass is 19.1. The molecule has 1 atom stereocenters. The molecule has 1 aliphatic rings. The second-order valence-electron chi connectivity index (χ2n) is 5.47. The number of nitrogens with two attached hydrogens (primary N) is 1. The Labute approximate surface area is 127 Å². The van der Waals surface area contributed by atoms with Crippen LogP contribution >= 0.6 is 0 Å². The zero-order valence-electron chi connectivity index (χ0n) is 12.1. The highest BCUT2D eigenvalue weighted by molar-refractivity contribution is 5.90. The Morgan fingerprint density at radius 3 is 2.77 bits per heavy atom. The number of hydrogen-bond donors (Lipinski definition) is 4. The van der Waals surface area contributed by atoms with Gasteiger partial charge in [-0.15, -0.1) is 0 Å². The Morgan fingerprint density at radius 2 is 2.14 bits per heavy atom. The summed E-state index contributed by atoms with van der Waals surface area (Å²) in [5, 5.41) is 14.0. The van der Waals surface area contributed by atoms with Crippen molar-refractivity contribution in [1.82, 2.24) is 5.32 Å². The van der Waals surface area contributed by atoms with Gasteiger partial charge < -0.3 is 21.5 Å². The van der Waals surface area contributed by atoms with Crippen LogP contribution in [0, 0.1) is 5.82 Å². The maximum absolute atomic E-state index is 13.3. The van der Waals surface area contributed by atoms with Gasteiger partial charge in [0, 0.05) is 12.2 Å². The average Bonchev–Trinajstić information content (AvgIpc) is 3.29. The number of carboxylic acid groups (broad SMARTS) is 1. The van der Waals surface area contributed by atoms with E-state index in [0.29, 0.717) is 31.0 Å². The van der Waals surface area contributed by atoms with E-state index in [-0.39, 0.29) is 5.82 Å². The molecular weight excluding hydrogens is 289 g/mol. The van der Waals surface area contributed by atoms with E-state index in [0.717, 1.165) is 18.4 Å². The molecule has 22 heavy (non-hydrogen) atoms. The molecule has 0 radical (unpaired) electrons. The standard InChI is InChI=1S/C15H20FN3O3/c16-10-5-6-13(11(8-10)9-3-4-9)19-15(22)18-7-1-2-12(17)14(20)21/h5-6,8-9,12H,1-4,7,17H2,(H,20,21)(H2,18,19,22)/t12-/m0/s1. The van der Waals surface area contributed by atoms with E-state index in [1.807, 2.05) is 0 Å². The lowest BCUT2D eigenvalue weighted by atomic mass is 10.1. The van der Waals surface area contributed by atoms with Crippen molar-refractivity contribution in [2.45, 2.75) is 37.6 Å². The van der Waals surface area contributed by atoms with Gasteiger partial charge >= 0.3 is 12.0 Å². The maximum Gasteiger partial charge on any atom is 0.320 e. The van der Waals surface area contributed by atoms with Gasteiger partial charge in [-0.05, 0) is 55.4 Å². The molecule has 1 saturated carbocycles. The van der Waals surface area contributed by atoms with E-state index in [4.69, 9.17) is 10.8 Å². The van der Waals surface area contributed by atoms with Gasteiger partial charge in [0.15, 0.2) is 0 Å². The minimum atomic E-state index is -1.05. The largest absolute Gasteiger partial charge is 0.480 e. The number of anilines is 1. The summed E-state index contributed by atoms with van der Waals surface area (Å²) in [6.07, 6.45) is 2.78. The van der Waals surface area contributed by atoms with Crippen molar-refractivity contribution in [3.63, 3.8) is 0 Å². The molecule has 5 N–H and O–H groups in total. The van der Waals surface area contributed by atoms with Gasteiger partial charge in [0.1, 0.15) is 11.9 Å². The van der Waals surface area contributed by atoms with E-state index in [2.05, 4.69) is 10.6 Å². The van der Waals surface area contributed by atoms with Crippen LogP contribution in [0.3, 0.4) is 0 Å². The van der Waals surface area contributed by atoms with Crippen LogP contribution in [0.25, 0.3) is 0 Å². The lowest BCUT2D eigenvalue weighted by molar-refractivity contribution is -0.138. The summed E-state index contributed by atoms with van der Waals surface area (Å²) in [6, 6.07) is 3.02. The number of urea groups is 1. The summed E-state index contributed by atoms with van der Waals surface area (Å²) in [5.74, 6) is -1.04.